The number of hydrogen-bond donors (Lipinski definition) is 8. The third-order valence-corrected chi connectivity index (χ3v) is 4.04. The van der Waals surface area contributed by atoms with Crippen LogP contribution in [0.15, 0.2) is 0 Å². The van der Waals surface area contributed by atoms with Crippen molar-refractivity contribution in [2.45, 2.75) is 61.4 Å². The van der Waals surface area contributed by atoms with Crippen LogP contribution < -0.4 is 0 Å². The van der Waals surface area contributed by atoms with Crippen molar-refractivity contribution >= 4 is 0 Å². The van der Waals surface area contributed by atoms with Crippen molar-refractivity contribution in [3.8, 4) is 0 Å². The average Bonchev–Trinajstić information content (AvgIpc) is 2.57. The van der Waals surface area contributed by atoms with Crippen LogP contribution in [0.3, 0.4) is 0 Å². The Labute approximate surface area is 135 Å². The van der Waals surface area contributed by atoms with E-state index in [1.165, 1.54) is 0 Å². The van der Waals surface area contributed by atoms with Crippen molar-refractivity contribution in [3.63, 3.8) is 0 Å². The van der Waals surface area contributed by atoms with Gasteiger partial charge >= 0.3 is 0 Å². The Hall–Kier alpha value is -0.480. The Bertz CT molecular complexity index is 394. The van der Waals surface area contributed by atoms with Crippen LogP contribution in [-0.2, 0) is 19.1 Å². The number of aliphatic hydroxyl groups excluding tert-OH is 7. The predicted octanol–water partition coefficient (Wildman–Crippen LogP) is -4.90. The van der Waals surface area contributed by atoms with E-state index in [9.17, 15) is 35.7 Å². The number of rotatable bonds is 5. The zero-order chi connectivity index (χ0) is 18.0. The minimum absolute atomic E-state index is 0.542. The third kappa shape index (κ3) is 3.85. The Morgan fingerprint density at radius 1 is 0.750 bits per heavy atom. The summed E-state index contributed by atoms with van der Waals surface area (Å²) in [5.41, 5.74) is 0. The Morgan fingerprint density at radius 3 is 2.00 bits per heavy atom. The van der Waals surface area contributed by atoms with Crippen LogP contribution in [0.5, 0.6) is 0 Å². The summed E-state index contributed by atoms with van der Waals surface area (Å²) in [5, 5.41) is 76.2. The van der Waals surface area contributed by atoms with Gasteiger partial charge in [-0.3, -0.25) is 5.26 Å². The molecule has 24 heavy (non-hydrogen) atoms. The first-order valence-electron chi connectivity index (χ1n) is 7.23. The van der Waals surface area contributed by atoms with Crippen LogP contribution in [0.4, 0.5) is 0 Å². The monoisotopic (exact) mass is 358 g/mol. The minimum Gasteiger partial charge on any atom is -0.394 e. The molecular formula is C12H22O12. The van der Waals surface area contributed by atoms with E-state index >= 15 is 0 Å². The van der Waals surface area contributed by atoms with Crippen molar-refractivity contribution in [2.24, 2.45) is 0 Å². The van der Waals surface area contributed by atoms with Crippen LogP contribution in [-0.4, -0.2) is 116 Å². The maximum Gasteiger partial charge on any atom is 0.187 e. The van der Waals surface area contributed by atoms with E-state index in [-0.39, 0.29) is 0 Å². The minimum atomic E-state index is -1.75. The smallest absolute Gasteiger partial charge is 0.187 e. The second kappa shape index (κ2) is 8.27. The van der Waals surface area contributed by atoms with Gasteiger partial charge in [0.2, 0.25) is 0 Å². The molecule has 0 aromatic carbocycles. The van der Waals surface area contributed by atoms with Crippen molar-refractivity contribution < 1.29 is 60.1 Å². The van der Waals surface area contributed by atoms with Crippen LogP contribution >= 0.6 is 0 Å². The fourth-order valence-electron chi connectivity index (χ4n) is 2.63. The van der Waals surface area contributed by atoms with E-state index in [2.05, 4.69) is 4.89 Å². The Balaban J connectivity index is 2.11. The highest BCUT2D eigenvalue weighted by Crippen LogP contribution is 2.28. The third-order valence-electron chi connectivity index (χ3n) is 4.04. The lowest BCUT2D eigenvalue weighted by molar-refractivity contribution is -0.365. The summed E-state index contributed by atoms with van der Waals surface area (Å²) < 4.78 is 15.3. The first-order chi connectivity index (χ1) is 11.3. The standard InChI is InChI=1S/C12H22O12/c13-1-3-10(7(16)8(17)11(19)22-3)24-12-9(18)6(15)5(14)4(23-12)2-21-20/h3-20H,1-2H2/t3-,4-,5+,6+,7-,8-,9-,10-,11-,12+/m1/s1. The molecule has 0 radical (unpaired) electrons. The highest BCUT2D eigenvalue weighted by Gasteiger charge is 2.50. The molecule has 2 aliphatic heterocycles. The maximum absolute atomic E-state index is 9.97. The molecule has 2 heterocycles. The second-order valence-corrected chi connectivity index (χ2v) is 5.64. The quantitative estimate of drug-likeness (QED) is 0.172. The van der Waals surface area contributed by atoms with E-state index in [4.69, 9.17) is 19.5 Å². The summed E-state index contributed by atoms with van der Waals surface area (Å²) in [6.07, 6.45) is -15.8. The molecule has 0 saturated carbocycles. The number of hydrogen-bond acceptors (Lipinski definition) is 12. The number of ether oxygens (including phenoxy) is 3. The van der Waals surface area contributed by atoms with Gasteiger partial charge in [0.05, 0.1) is 6.61 Å². The highest BCUT2D eigenvalue weighted by molar-refractivity contribution is 4.93. The number of aliphatic hydroxyl groups is 7. The molecule has 0 spiro atoms. The molecule has 142 valence electrons. The zero-order valence-electron chi connectivity index (χ0n) is 12.4. The van der Waals surface area contributed by atoms with E-state index < -0.39 is 74.6 Å². The zero-order valence-corrected chi connectivity index (χ0v) is 12.4. The molecule has 12 nitrogen and oxygen atoms in total. The van der Waals surface area contributed by atoms with Crippen molar-refractivity contribution in [2.75, 3.05) is 13.2 Å². The molecule has 0 aliphatic carbocycles. The molecule has 0 amide bonds. The van der Waals surface area contributed by atoms with Gasteiger partial charge in [0.25, 0.3) is 0 Å². The van der Waals surface area contributed by atoms with Gasteiger partial charge in [-0.15, -0.1) is 0 Å². The van der Waals surface area contributed by atoms with E-state index in [1.54, 1.807) is 0 Å². The fourth-order valence-corrected chi connectivity index (χ4v) is 2.63. The molecule has 0 aromatic heterocycles. The summed E-state index contributed by atoms with van der Waals surface area (Å²) >= 11 is 0. The summed E-state index contributed by atoms with van der Waals surface area (Å²) in [7, 11) is 0. The fraction of sp³-hybridized carbons (Fsp3) is 1.00. The molecule has 2 aliphatic rings. The topological polar surface area (TPSA) is 199 Å². The molecule has 2 fully saturated rings. The molecule has 12 heteroatoms. The van der Waals surface area contributed by atoms with Crippen LogP contribution in [0.2, 0.25) is 0 Å². The molecule has 0 aromatic rings. The van der Waals surface area contributed by atoms with Gasteiger partial charge < -0.3 is 50.0 Å². The Kier molecular flexibility index (Phi) is 6.83. The van der Waals surface area contributed by atoms with Gasteiger partial charge in [-0.25, -0.2) is 4.89 Å². The second-order valence-electron chi connectivity index (χ2n) is 5.64. The van der Waals surface area contributed by atoms with Crippen molar-refractivity contribution in [1.29, 1.82) is 0 Å². The van der Waals surface area contributed by atoms with Crippen LogP contribution in [0, 0.1) is 0 Å². The van der Waals surface area contributed by atoms with Crippen LogP contribution in [0.25, 0.3) is 0 Å². The first kappa shape index (κ1) is 19.8. The normalized spacial score (nSPS) is 50.0. The van der Waals surface area contributed by atoms with Gasteiger partial charge in [-0.2, -0.15) is 0 Å². The van der Waals surface area contributed by atoms with Crippen molar-refractivity contribution in [3.05, 3.63) is 0 Å². The average molecular weight is 358 g/mol. The van der Waals surface area contributed by atoms with Crippen LogP contribution in [0.1, 0.15) is 0 Å². The maximum atomic E-state index is 9.97. The molecule has 2 saturated heterocycles. The lowest BCUT2D eigenvalue weighted by Gasteiger charge is -2.45. The van der Waals surface area contributed by atoms with E-state index in [0.29, 0.717) is 0 Å². The lowest BCUT2D eigenvalue weighted by Crippen LogP contribution is -2.64. The molecule has 0 unspecified atom stereocenters. The molecule has 10 atom stereocenters. The molecule has 0 bridgehead atoms. The highest BCUT2D eigenvalue weighted by atomic mass is 17.1. The largest absolute Gasteiger partial charge is 0.394 e. The molecule has 8 N–H and O–H groups in total. The first-order valence-corrected chi connectivity index (χ1v) is 7.23. The predicted molar refractivity (Wildman–Crippen MR) is 70.1 cm³/mol. The van der Waals surface area contributed by atoms with E-state index in [0.717, 1.165) is 0 Å². The van der Waals surface area contributed by atoms with E-state index in [1.807, 2.05) is 0 Å². The van der Waals surface area contributed by atoms with Crippen molar-refractivity contribution in [1.82, 2.24) is 0 Å². The SMILES string of the molecule is OC[C@H]1O[C@@H](O)[C@H](O)[C@@H](O)[C@@H]1O[C@@H]1O[C@H](COO)[C@H](O)[C@H](O)[C@H]1O. The van der Waals surface area contributed by atoms with Gasteiger partial charge in [-0.1, -0.05) is 0 Å². The summed E-state index contributed by atoms with van der Waals surface area (Å²) in [6.45, 7) is -1.23. The Morgan fingerprint density at radius 2 is 1.42 bits per heavy atom. The molecular weight excluding hydrogens is 336 g/mol. The van der Waals surface area contributed by atoms with Gasteiger partial charge in [0.1, 0.15) is 55.4 Å². The van der Waals surface area contributed by atoms with Gasteiger partial charge in [0.15, 0.2) is 12.6 Å². The van der Waals surface area contributed by atoms with Gasteiger partial charge in [0, 0.05) is 0 Å². The van der Waals surface area contributed by atoms with Gasteiger partial charge in [-0.05, 0) is 0 Å². The lowest BCUT2D eigenvalue weighted by atomic mass is 9.97. The summed E-state index contributed by atoms with van der Waals surface area (Å²) in [6, 6.07) is 0. The molecule has 2 rings (SSSR count). The summed E-state index contributed by atoms with van der Waals surface area (Å²) in [5.74, 6) is 0. The summed E-state index contributed by atoms with van der Waals surface area (Å²) in [4.78, 5) is 3.85.